The van der Waals surface area contributed by atoms with Crippen LogP contribution in [0.2, 0.25) is 0 Å². The minimum atomic E-state index is 0.210. The van der Waals surface area contributed by atoms with E-state index in [1.54, 1.807) is 20.4 Å². The summed E-state index contributed by atoms with van der Waals surface area (Å²) in [4.78, 5) is 4.62. The average Bonchev–Trinajstić information content (AvgIpc) is 3.38. The van der Waals surface area contributed by atoms with Crippen LogP contribution in [-0.2, 0) is 6.61 Å². The van der Waals surface area contributed by atoms with Gasteiger partial charge in [-0.15, -0.1) is 0 Å². The number of halogens is 1. The fourth-order valence-electron chi connectivity index (χ4n) is 4.18. The number of ether oxygens (including phenoxy) is 3. The second-order valence-corrected chi connectivity index (χ2v) is 9.68. The molecule has 0 spiro atoms. The van der Waals surface area contributed by atoms with E-state index < -0.39 is 0 Å². The molecule has 0 aliphatic heterocycles. The van der Waals surface area contributed by atoms with E-state index in [1.807, 2.05) is 97.1 Å². The molecule has 40 heavy (non-hydrogen) atoms. The molecule has 0 aliphatic carbocycles. The maximum Gasteiger partial charge on any atom is 0.238 e. The van der Waals surface area contributed by atoms with Gasteiger partial charge >= 0.3 is 0 Å². The van der Waals surface area contributed by atoms with Gasteiger partial charge in [0, 0.05) is 27.4 Å². The van der Waals surface area contributed by atoms with Crippen LogP contribution in [0.15, 0.2) is 111 Å². The van der Waals surface area contributed by atoms with Crippen LogP contribution in [0.25, 0.3) is 22.5 Å². The predicted octanol–water partition coefficient (Wildman–Crippen LogP) is 8.59. The van der Waals surface area contributed by atoms with Crippen molar-refractivity contribution in [1.82, 2.24) is 0 Å². The molecule has 0 unspecified atom stereocenters. The van der Waals surface area contributed by atoms with Crippen molar-refractivity contribution in [3.05, 3.63) is 118 Å². The second-order valence-electron chi connectivity index (χ2n) is 8.77. The smallest absolute Gasteiger partial charge is 0.238 e. The van der Waals surface area contributed by atoms with E-state index in [0.29, 0.717) is 29.2 Å². The molecule has 0 radical (unpaired) electrons. The van der Waals surface area contributed by atoms with Crippen molar-refractivity contribution in [2.45, 2.75) is 6.61 Å². The van der Waals surface area contributed by atoms with E-state index in [9.17, 15) is 5.26 Å². The number of aliphatic imine (C=N–C) groups is 1. The highest BCUT2D eigenvalue weighted by molar-refractivity contribution is 9.10. The van der Waals surface area contributed by atoms with Crippen LogP contribution >= 0.6 is 15.9 Å². The number of para-hydroxylation sites is 1. The first-order valence-electron chi connectivity index (χ1n) is 12.5. The Hall–Kier alpha value is -4.80. The molecule has 0 N–H and O–H groups in total. The Kier molecular flexibility index (Phi) is 8.29. The lowest BCUT2D eigenvalue weighted by molar-refractivity contribution is 0.306. The third kappa shape index (κ3) is 5.93. The monoisotopic (exact) mass is 592 g/mol. The average molecular weight is 593 g/mol. The van der Waals surface area contributed by atoms with Gasteiger partial charge in [-0.05, 0) is 71.8 Å². The van der Waals surface area contributed by atoms with Gasteiger partial charge in [0.25, 0.3) is 0 Å². The Morgan fingerprint density at radius 2 is 1.45 bits per heavy atom. The van der Waals surface area contributed by atoms with Crippen LogP contribution in [0.3, 0.4) is 0 Å². The summed E-state index contributed by atoms with van der Waals surface area (Å²) in [6.45, 7) is 0.408. The molecule has 0 bridgehead atoms. The van der Waals surface area contributed by atoms with Crippen molar-refractivity contribution in [3.8, 4) is 45.8 Å². The number of furan rings is 1. The van der Waals surface area contributed by atoms with Gasteiger partial charge in [0.05, 0.1) is 14.2 Å². The van der Waals surface area contributed by atoms with Gasteiger partial charge in [-0.3, -0.25) is 0 Å². The van der Waals surface area contributed by atoms with Crippen LogP contribution in [0.4, 0.5) is 5.88 Å². The fourth-order valence-corrected chi connectivity index (χ4v) is 4.45. The van der Waals surface area contributed by atoms with Crippen molar-refractivity contribution in [1.29, 1.82) is 5.26 Å². The molecule has 0 aliphatic rings. The molecule has 4 aromatic carbocycles. The molecule has 5 rings (SSSR count). The first-order valence-corrected chi connectivity index (χ1v) is 13.2. The molecule has 0 atom stereocenters. The third-order valence-corrected chi connectivity index (χ3v) is 6.81. The van der Waals surface area contributed by atoms with Crippen molar-refractivity contribution >= 4 is 28.0 Å². The Labute approximate surface area is 241 Å². The Bertz CT molecular complexity index is 1670. The summed E-state index contributed by atoms with van der Waals surface area (Å²) in [5.41, 5.74) is 4.40. The zero-order valence-corrected chi connectivity index (χ0v) is 23.5. The van der Waals surface area contributed by atoms with Crippen molar-refractivity contribution in [3.63, 3.8) is 0 Å². The molecule has 5 aromatic rings. The normalized spacial score (nSPS) is 10.8. The summed E-state index contributed by atoms with van der Waals surface area (Å²) < 4.78 is 24.0. The zero-order chi connectivity index (χ0) is 27.9. The highest BCUT2D eigenvalue weighted by atomic mass is 79.9. The second kappa shape index (κ2) is 12.4. The standard InChI is InChI=1S/C33H25BrN2O4/c1-37-27-15-9-23(10-16-27)31-29(19-35)33(40-32(31)24-11-17-28(38-2)18-12-24)36-20-25-5-3-4-6-30(25)39-21-22-7-13-26(34)14-8-22/h3-18,20H,21H2,1-2H3. The Balaban J connectivity index is 1.53. The molecule has 1 aromatic heterocycles. The molecule has 0 fully saturated rings. The van der Waals surface area contributed by atoms with E-state index in [2.05, 4.69) is 27.0 Å². The lowest BCUT2D eigenvalue weighted by Gasteiger charge is -2.09. The lowest BCUT2D eigenvalue weighted by atomic mass is 9.98. The van der Waals surface area contributed by atoms with Crippen molar-refractivity contribution in [2.24, 2.45) is 4.99 Å². The quantitative estimate of drug-likeness (QED) is 0.160. The van der Waals surface area contributed by atoms with Gasteiger partial charge in [0.2, 0.25) is 5.88 Å². The highest BCUT2D eigenvalue weighted by Crippen LogP contribution is 2.43. The van der Waals surface area contributed by atoms with Gasteiger partial charge in [0.1, 0.15) is 41.2 Å². The molecule has 198 valence electrons. The number of hydrogen-bond acceptors (Lipinski definition) is 6. The van der Waals surface area contributed by atoms with Crippen LogP contribution < -0.4 is 14.2 Å². The molecule has 6 nitrogen and oxygen atoms in total. The third-order valence-electron chi connectivity index (χ3n) is 6.28. The molecule has 1 heterocycles. The maximum absolute atomic E-state index is 10.2. The molecular weight excluding hydrogens is 568 g/mol. The number of methoxy groups -OCH3 is 2. The largest absolute Gasteiger partial charge is 0.497 e. The first kappa shape index (κ1) is 26.8. The maximum atomic E-state index is 10.2. The summed E-state index contributed by atoms with van der Waals surface area (Å²) in [6, 6.07) is 32.9. The SMILES string of the molecule is COc1ccc(-c2oc(N=Cc3ccccc3OCc3ccc(Br)cc3)c(C#N)c2-c2ccc(OC)cc2)cc1. The number of nitriles is 1. The topological polar surface area (TPSA) is 77.0 Å². The van der Waals surface area contributed by atoms with E-state index in [4.69, 9.17) is 18.6 Å². The lowest BCUT2D eigenvalue weighted by Crippen LogP contribution is -1.98. The molecule has 0 saturated heterocycles. The van der Waals surface area contributed by atoms with Crippen LogP contribution in [0.5, 0.6) is 17.2 Å². The number of benzene rings is 4. The molecule has 0 amide bonds. The first-order chi connectivity index (χ1) is 19.6. The van der Waals surface area contributed by atoms with Crippen LogP contribution in [0.1, 0.15) is 16.7 Å². The summed E-state index contributed by atoms with van der Waals surface area (Å²) in [5, 5.41) is 10.2. The minimum Gasteiger partial charge on any atom is -0.497 e. The van der Waals surface area contributed by atoms with Gasteiger partial charge in [-0.2, -0.15) is 5.26 Å². The van der Waals surface area contributed by atoms with Crippen molar-refractivity contribution in [2.75, 3.05) is 14.2 Å². The van der Waals surface area contributed by atoms with Crippen LogP contribution in [0, 0.1) is 11.3 Å². The summed E-state index contributed by atoms with van der Waals surface area (Å²) in [6.07, 6.45) is 1.66. The fraction of sp³-hybridized carbons (Fsp3) is 0.0909. The van der Waals surface area contributed by atoms with E-state index in [1.165, 1.54) is 0 Å². The minimum absolute atomic E-state index is 0.210. The zero-order valence-electron chi connectivity index (χ0n) is 21.9. The summed E-state index contributed by atoms with van der Waals surface area (Å²) >= 11 is 3.46. The number of rotatable bonds is 9. The van der Waals surface area contributed by atoms with Gasteiger partial charge in [-0.1, -0.05) is 52.3 Å². The Morgan fingerprint density at radius 3 is 2.08 bits per heavy atom. The van der Waals surface area contributed by atoms with Gasteiger partial charge in [0.15, 0.2) is 0 Å². The Morgan fingerprint density at radius 1 is 0.825 bits per heavy atom. The van der Waals surface area contributed by atoms with E-state index in [0.717, 1.165) is 38.2 Å². The summed E-state index contributed by atoms with van der Waals surface area (Å²) in [5.74, 6) is 2.86. The number of hydrogen-bond donors (Lipinski definition) is 0. The van der Waals surface area contributed by atoms with Crippen molar-refractivity contribution < 1.29 is 18.6 Å². The van der Waals surface area contributed by atoms with Crippen LogP contribution in [-0.4, -0.2) is 20.4 Å². The van der Waals surface area contributed by atoms with E-state index >= 15 is 0 Å². The number of nitrogens with zero attached hydrogens (tertiary/aromatic N) is 2. The highest BCUT2D eigenvalue weighted by Gasteiger charge is 2.23. The molecule has 0 saturated carbocycles. The molecular formula is C33H25BrN2O4. The van der Waals surface area contributed by atoms with Gasteiger partial charge in [-0.25, -0.2) is 4.99 Å². The molecule has 7 heteroatoms. The predicted molar refractivity (Wildman–Crippen MR) is 160 cm³/mol. The van der Waals surface area contributed by atoms with E-state index in [-0.39, 0.29) is 5.88 Å². The van der Waals surface area contributed by atoms with Gasteiger partial charge < -0.3 is 18.6 Å². The summed E-state index contributed by atoms with van der Waals surface area (Å²) in [7, 11) is 3.23.